The van der Waals surface area contributed by atoms with Crippen molar-refractivity contribution in [1.29, 1.82) is 0 Å². The van der Waals surface area contributed by atoms with Crippen molar-refractivity contribution in [2.75, 3.05) is 0 Å². The zero-order valence-electron chi connectivity index (χ0n) is 3.66. The second-order valence-corrected chi connectivity index (χ2v) is 0.784. The summed E-state index contributed by atoms with van der Waals surface area (Å²) >= 11 is 0. The summed E-state index contributed by atoms with van der Waals surface area (Å²) < 4.78 is 4.00. The molecule has 0 saturated heterocycles. The van der Waals surface area contributed by atoms with Crippen LogP contribution < -0.4 is 0 Å². The van der Waals surface area contributed by atoms with Crippen LogP contribution in [0.3, 0.4) is 0 Å². The van der Waals surface area contributed by atoms with Crippen molar-refractivity contribution in [2.24, 2.45) is 0 Å². The van der Waals surface area contributed by atoms with Gasteiger partial charge in [-0.3, -0.25) is 0 Å². The highest BCUT2D eigenvalue weighted by atomic mass is 16.6. The van der Waals surface area contributed by atoms with E-state index in [0.29, 0.717) is 0 Å². The van der Waals surface area contributed by atoms with Gasteiger partial charge in [0.05, 0.1) is 0 Å². The Morgan fingerprint density at radius 3 is 2.43 bits per heavy atom. The number of hydrogen-bond donors (Lipinski definition) is 2. The fourth-order valence-electron chi connectivity index (χ4n) is 0.109. The molecule has 0 fully saturated rings. The first-order valence-corrected chi connectivity index (χ1v) is 1.63. The van der Waals surface area contributed by atoms with Crippen LogP contribution in [0.5, 0.6) is 0 Å². The smallest absolute Gasteiger partial charge is 0.512 e. The van der Waals surface area contributed by atoms with Crippen molar-refractivity contribution in [2.45, 2.75) is 0 Å². The van der Waals surface area contributed by atoms with Gasteiger partial charge in [-0.15, -0.1) is 0 Å². The van der Waals surface area contributed by atoms with E-state index in [0.717, 1.165) is 6.26 Å². The summed E-state index contributed by atoms with van der Waals surface area (Å²) in [5.74, 6) is 0. The van der Waals surface area contributed by atoms with Gasteiger partial charge >= 0.3 is 7.32 Å². The molecule has 0 unspecified atom stereocenters. The van der Waals surface area contributed by atoms with Crippen LogP contribution in [-0.2, 0) is 4.65 Å². The topological polar surface area (TPSA) is 49.7 Å². The van der Waals surface area contributed by atoms with Crippen LogP contribution in [0.25, 0.3) is 0 Å². The fourth-order valence-corrected chi connectivity index (χ4v) is 0.109. The van der Waals surface area contributed by atoms with E-state index >= 15 is 0 Å². The normalized spacial score (nSPS) is 6.57. The maximum absolute atomic E-state index is 7.92. The second kappa shape index (κ2) is 3.49. The van der Waals surface area contributed by atoms with Gasteiger partial charge in [0, 0.05) is 0 Å². The lowest BCUT2D eigenvalue weighted by Crippen LogP contribution is -2.12. The third-order valence-corrected chi connectivity index (χ3v) is 0.273. The minimum Gasteiger partial charge on any atom is -0.512 e. The highest BCUT2D eigenvalue weighted by molar-refractivity contribution is 6.32. The van der Waals surface area contributed by atoms with Gasteiger partial charge in [-0.1, -0.05) is 12.3 Å². The Morgan fingerprint density at radius 1 is 1.71 bits per heavy atom. The van der Waals surface area contributed by atoms with Gasteiger partial charge in [0.15, 0.2) is 0 Å². The SMILES string of the molecule is C=C=COB(O)O. The molecule has 0 heterocycles. The first-order chi connectivity index (χ1) is 3.27. The van der Waals surface area contributed by atoms with Gasteiger partial charge in [-0.25, -0.2) is 0 Å². The van der Waals surface area contributed by atoms with E-state index in [1.54, 1.807) is 0 Å². The van der Waals surface area contributed by atoms with Crippen LogP contribution >= 0.6 is 0 Å². The number of hydrogen-bond acceptors (Lipinski definition) is 3. The first kappa shape index (κ1) is 6.30. The summed E-state index contributed by atoms with van der Waals surface area (Å²) in [5, 5.41) is 15.8. The standard InChI is InChI=1S/C3H5BO3/c1-2-3-7-4(5)6/h3,5-6H,1H2. The Balaban J connectivity index is 3.13. The quantitative estimate of drug-likeness (QED) is 0.273. The molecule has 0 rings (SSSR count). The first-order valence-electron chi connectivity index (χ1n) is 1.63. The summed E-state index contributed by atoms with van der Waals surface area (Å²) in [4.78, 5) is 0. The van der Waals surface area contributed by atoms with E-state index in [1.807, 2.05) is 0 Å². The minimum atomic E-state index is -1.76. The molecule has 0 bridgehead atoms. The predicted molar refractivity (Wildman–Crippen MR) is 25.0 cm³/mol. The monoisotopic (exact) mass is 100 g/mol. The molecule has 7 heavy (non-hydrogen) atoms. The zero-order valence-corrected chi connectivity index (χ0v) is 3.66. The Labute approximate surface area is 41.7 Å². The Morgan fingerprint density at radius 2 is 2.29 bits per heavy atom. The third-order valence-electron chi connectivity index (χ3n) is 0.273. The van der Waals surface area contributed by atoms with Crippen LogP contribution in [0.2, 0.25) is 0 Å². The third kappa shape index (κ3) is 5.30. The maximum Gasteiger partial charge on any atom is 0.707 e. The lowest BCUT2D eigenvalue weighted by Gasteiger charge is -1.89. The summed E-state index contributed by atoms with van der Waals surface area (Å²) in [5.41, 5.74) is 2.18. The van der Waals surface area contributed by atoms with E-state index < -0.39 is 7.32 Å². The molecule has 3 nitrogen and oxygen atoms in total. The molecule has 0 aliphatic rings. The highest BCUT2D eigenvalue weighted by Crippen LogP contribution is 1.72. The molecule has 0 amide bonds. The zero-order chi connectivity index (χ0) is 5.70. The van der Waals surface area contributed by atoms with Crippen LogP contribution in [0.4, 0.5) is 0 Å². The Kier molecular flexibility index (Phi) is 3.15. The van der Waals surface area contributed by atoms with Gasteiger partial charge in [0.25, 0.3) is 0 Å². The lowest BCUT2D eigenvalue weighted by atomic mass is 10.3. The van der Waals surface area contributed by atoms with Gasteiger partial charge in [0.1, 0.15) is 6.26 Å². The van der Waals surface area contributed by atoms with Crippen molar-refractivity contribution >= 4 is 7.32 Å². The van der Waals surface area contributed by atoms with Crippen LogP contribution in [0.15, 0.2) is 18.6 Å². The van der Waals surface area contributed by atoms with Crippen molar-refractivity contribution in [3.8, 4) is 0 Å². The molecule has 0 saturated carbocycles. The molecule has 2 N–H and O–H groups in total. The minimum absolute atomic E-state index is 0.963. The fraction of sp³-hybridized carbons (Fsp3) is 0. The van der Waals surface area contributed by atoms with E-state index in [1.165, 1.54) is 0 Å². The molecule has 0 aromatic rings. The maximum atomic E-state index is 7.92. The van der Waals surface area contributed by atoms with Crippen molar-refractivity contribution < 1.29 is 14.7 Å². The number of rotatable bonds is 2. The van der Waals surface area contributed by atoms with E-state index in [-0.39, 0.29) is 0 Å². The molecule has 0 radical (unpaired) electrons. The van der Waals surface area contributed by atoms with E-state index in [4.69, 9.17) is 10.0 Å². The molecular weight excluding hydrogens is 94.8 g/mol. The molecule has 0 spiro atoms. The predicted octanol–water partition coefficient (Wildman–Crippen LogP) is -0.729. The van der Waals surface area contributed by atoms with Gasteiger partial charge in [0.2, 0.25) is 0 Å². The summed E-state index contributed by atoms with van der Waals surface area (Å²) in [7, 11) is -1.76. The highest BCUT2D eigenvalue weighted by Gasteiger charge is 2.04. The Hall–Kier alpha value is -0.695. The summed E-state index contributed by atoms with van der Waals surface area (Å²) in [6.07, 6.45) is 0.963. The second-order valence-electron chi connectivity index (χ2n) is 0.784. The van der Waals surface area contributed by atoms with Crippen molar-refractivity contribution in [1.82, 2.24) is 0 Å². The van der Waals surface area contributed by atoms with E-state index in [2.05, 4.69) is 17.0 Å². The van der Waals surface area contributed by atoms with Gasteiger partial charge in [-0.05, 0) is 0 Å². The summed E-state index contributed by atoms with van der Waals surface area (Å²) in [6.45, 7) is 3.10. The molecule has 38 valence electrons. The molecule has 0 aromatic heterocycles. The average molecular weight is 99.9 g/mol. The largest absolute Gasteiger partial charge is 0.707 e. The lowest BCUT2D eigenvalue weighted by molar-refractivity contribution is 0.257. The van der Waals surface area contributed by atoms with Gasteiger partial charge < -0.3 is 14.7 Å². The van der Waals surface area contributed by atoms with Crippen molar-refractivity contribution in [3.63, 3.8) is 0 Å². The Bertz CT molecular complexity index is 84.2. The van der Waals surface area contributed by atoms with Gasteiger partial charge in [-0.2, -0.15) is 0 Å². The molecule has 0 atom stereocenters. The van der Waals surface area contributed by atoms with E-state index in [9.17, 15) is 0 Å². The molecule has 4 heteroatoms. The van der Waals surface area contributed by atoms with Crippen LogP contribution in [-0.4, -0.2) is 17.4 Å². The average Bonchev–Trinajstić information content (AvgIpc) is 1.61. The van der Waals surface area contributed by atoms with Crippen LogP contribution in [0.1, 0.15) is 0 Å². The molecule has 0 aliphatic carbocycles. The molecule has 0 aromatic carbocycles. The molecular formula is C3H5BO3. The molecule has 0 aliphatic heterocycles. The summed E-state index contributed by atoms with van der Waals surface area (Å²) in [6, 6.07) is 0. The van der Waals surface area contributed by atoms with Crippen LogP contribution in [0, 0.1) is 0 Å². The van der Waals surface area contributed by atoms with Crippen molar-refractivity contribution in [3.05, 3.63) is 18.6 Å².